The molecule has 0 aliphatic heterocycles. The highest BCUT2D eigenvalue weighted by Crippen LogP contribution is 2.13. The van der Waals surface area contributed by atoms with E-state index in [1.807, 2.05) is 20.8 Å². The molecule has 14 heteroatoms. The van der Waals surface area contributed by atoms with Crippen molar-refractivity contribution in [3.63, 3.8) is 0 Å². The van der Waals surface area contributed by atoms with E-state index in [0.29, 0.717) is 37.6 Å². The Hall–Kier alpha value is -4.43. The molecule has 0 saturated carbocycles. The number of hydrogen-bond donors (Lipinski definition) is 5. The van der Waals surface area contributed by atoms with Gasteiger partial charge in [0, 0.05) is 30.7 Å². The van der Waals surface area contributed by atoms with Gasteiger partial charge in [-0.05, 0) is 57.9 Å². The average molecular weight is 584 g/mol. The Morgan fingerprint density at radius 2 is 1.81 bits per heavy atom. The van der Waals surface area contributed by atoms with Gasteiger partial charge in [-0.15, -0.1) is 0 Å². The molecule has 0 aliphatic rings. The number of nitrogens with one attached hydrogen (secondary N) is 3. The van der Waals surface area contributed by atoms with Crippen LogP contribution in [0.2, 0.25) is 0 Å². The number of ether oxygens (including phenoxy) is 2. The summed E-state index contributed by atoms with van der Waals surface area (Å²) in [6.45, 7) is 7.43. The largest absolute Gasteiger partial charge is 0.480 e. The minimum absolute atomic E-state index is 0.0163. The number of nitrogens with two attached hydrogens (primary N) is 1. The number of carboxylic acid groups (broad SMARTS) is 1. The van der Waals surface area contributed by atoms with Gasteiger partial charge in [0.25, 0.3) is 11.5 Å². The summed E-state index contributed by atoms with van der Waals surface area (Å²) in [6.07, 6.45) is 2.27. The number of carbonyl (C=O) groups is 3. The van der Waals surface area contributed by atoms with Crippen molar-refractivity contribution in [2.24, 2.45) is 0 Å². The number of H-pyrrole nitrogens is 1. The van der Waals surface area contributed by atoms with Gasteiger partial charge in [-0.25, -0.2) is 14.8 Å². The van der Waals surface area contributed by atoms with E-state index >= 15 is 0 Å². The van der Waals surface area contributed by atoms with E-state index in [1.54, 1.807) is 12.1 Å². The lowest BCUT2D eigenvalue weighted by molar-refractivity contribution is -0.139. The van der Waals surface area contributed by atoms with Gasteiger partial charge in [0.15, 0.2) is 11.2 Å². The molecule has 6 N–H and O–H groups in total. The molecule has 2 heterocycles. The number of nitrogen functional groups attached to an aromatic ring is 1. The van der Waals surface area contributed by atoms with Crippen molar-refractivity contribution < 1.29 is 29.0 Å². The molecule has 1 amide bonds. The fourth-order valence-electron chi connectivity index (χ4n) is 3.80. The zero-order valence-electron chi connectivity index (χ0n) is 23.9. The van der Waals surface area contributed by atoms with E-state index in [9.17, 15) is 24.3 Å². The van der Waals surface area contributed by atoms with Gasteiger partial charge in [0.05, 0.1) is 37.3 Å². The van der Waals surface area contributed by atoms with Crippen molar-refractivity contribution in [2.45, 2.75) is 64.6 Å². The van der Waals surface area contributed by atoms with Crippen LogP contribution in [0.25, 0.3) is 11.2 Å². The van der Waals surface area contributed by atoms with Crippen LogP contribution in [0.4, 0.5) is 11.6 Å². The van der Waals surface area contributed by atoms with Gasteiger partial charge < -0.3 is 30.9 Å². The fourth-order valence-corrected chi connectivity index (χ4v) is 3.80. The second-order valence-corrected chi connectivity index (χ2v) is 10.5. The molecule has 0 aliphatic carbocycles. The van der Waals surface area contributed by atoms with Gasteiger partial charge in [0.1, 0.15) is 11.8 Å². The highest BCUT2D eigenvalue weighted by Gasteiger charge is 2.22. The van der Waals surface area contributed by atoms with Crippen LogP contribution in [-0.4, -0.2) is 74.2 Å². The van der Waals surface area contributed by atoms with Crippen molar-refractivity contribution in [2.75, 3.05) is 30.9 Å². The molecule has 0 radical (unpaired) electrons. The smallest absolute Gasteiger partial charge is 0.326 e. The number of rotatable bonds is 16. The predicted molar refractivity (Wildman–Crippen MR) is 155 cm³/mol. The maximum absolute atomic E-state index is 12.7. The number of carboxylic acids is 1. The van der Waals surface area contributed by atoms with Crippen molar-refractivity contribution in [1.82, 2.24) is 25.3 Å². The standard InChI is InChI=1S/C28H37N7O7/c1-28(2,3)42-14-13-41-12-4-5-20(36)10-11-21(26(39)40)33-24(37)17-6-8-18(9-7-17)30-15-19-16-31-23-22(32-19)25(38)35-27(29)34-23/h6-9,16,21,30H,4-5,10-15H2,1-3H3,(H,33,37)(H,39,40)(H3,29,31,34,35,38). The molecule has 1 atom stereocenters. The Labute approximate surface area is 242 Å². The van der Waals surface area contributed by atoms with Crippen LogP contribution in [-0.2, 0) is 25.6 Å². The van der Waals surface area contributed by atoms with E-state index in [1.165, 1.54) is 18.3 Å². The fraction of sp³-hybridized carbons (Fsp3) is 0.464. The van der Waals surface area contributed by atoms with E-state index < -0.39 is 23.5 Å². The number of hydrogen-bond acceptors (Lipinski definition) is 11. The lowest BCUT2D eigenvalue weighted by Gasteiger charge is -2.19. The molecular weight excluding hydrogens is 546 g/mol. The first kappa shape index (κ1) is 32.1. The van der Waals surface area contributed by atoms with E-state index in [0.717, 1.165) is 0 Å². The van der Waals surface area contributed by atoms with Crippen LogP contribution >= 0.6 is 0 Å². The van der Waals surface area contributed by atoms with E-state index in [2.05, 4.69) is 30.6 Å². The third kappa shape index (κ3) is 10.5. The molecule has 0 bridgehead atoms. The predicted octanol–water partition coefficient (Wildman–Crippen LogP) is 2.05. The molecule has 14 nitrogen and oxygen atoms in total. The number of fused-ring (bicyclic) bond motifs is 1. The minimum Gasteiger partial charge on any atom is -0.480 e. The van der Waals surface area contributed by atoms with Crippen LogP contribution in [0.1, 0.15) is 62.5 Å². The third-order valence-corrected chi connectivity index (χ3v) is 5.93. The first-order chi connectivity index (χ1) is 19.9. The molecule has 3 rings (SSSR count). The summed E-state index contributed by atoms with van der Waals surface area (Å²) in [5.41, 5.74) is 6.40. The highest BCUT2D eigenvalue weighted by atomic mass is 16.5. The number of benzene rings is 1. The number of nitrogens with zero attached hydrogens (tertiary/aromatic N) is 3. The highest BCUT2D eigenvalue weighted by molar-refractivity contribution is 5.97. The number of aromatic amines is 1. The number of aliphatic carboxylic acids is 1. The molecule has 1 aromatic carbocycles. The van der Waals surface area contributed by atoms with Crippen molar-refractivity contribution in [3.05, 3.63) is 52.1 Å². The summed E-state index contributed by atoms with van der Waals surface area (Å²) in [6, 6.07) is 5.17. The Morgan fingerprint density at radius 1 is 1.07 bits per heavy atom. The lowest BCUT2D eigenvalue weighted by Crippen LogP contribution is -2.41. The normalized spacial score (nSPS) is 12.2. The first-order valence-electron chi connectivity index (χ1n) is 13.5. The number of anilines is 2. The van der Waals surface area contributed by atoms with Gasteiger partial charge in [-0.1, -0.05) is 0 Å². The number of amides is 1. The summed E-state index contributed by atoms with van der Waals surface area (Å²) < 4.78 is 11.0. The Kier molecular flexibility index (Phi) is 11.4. The average Bonchev–Trinajstić information content (AvgIpc) is 2.93. The molecule has 2 aromatic heterocycles. The van der Waals surface area contributed by atoms with Crippen molar-refractivity contribution in [3.8, 4) is 0 Å². The lowest BCUT2D eigenvalue weighted by atomic mass is 10.1. The third-order valence-electron chi connectivity index (χ3n) is 5.93. The van der Waals surface area contributed by atoms with E-state index in [-0.39, 0.29) is 59.9 Å². The van der Waals surface area contributed by atoms with Gasteiger partial charge >= 0.3 is 5.97 Å². The summed E-state index contributed by atoms with van der Waals surface area (Å²) in [7, 11) is 0. The molecule has 42 heavy (non-hydrogen) atoms. The van der Waals surface area contributed by atoms with Gasteiger partial charge in [-0.2, -0.15) is 4.98 Å². The van der Waals surface area contributed by atoms with Crippen LogP contribution < -0.4 is 21.9 Å². The van der Waals surface area contributed by atoms with Crippen LogP contribution in [0.3, 0.4) is 0 Å². The molecule has 226 valence electrons. The van der Waals surface area contributed by atoms with Crippen molar-refractivity contribution in [1.29, 1.82) is 0 Å². The van der Waals surface area contributed by atoms with Gasteiger partial charge in [-0.3, -0.25) is 19.4 Å². The number of ketones is 1. The quantitative estimate of drug-likeness (QED) is 0.153. The number of aromatic nitrogens is 4. The zero-order valence-corrected chi connectivity index (χ0v) is 23.9. The minimum atomic E-state index is -1.22. The molecule has 1 unspecified atom stereocenters. The second-order valence-electron chi connectivity index (χ2n) is 10.5. The zero-order chi connectivity index (χ0) is 30.7. The molecule has 0 saturated heterocycles. The summed E-state index contributed by atoms with van der Waals surface area (Å²) in [5.74, 6) is -1.93. The first-order valence-corrected chi connectivity index (χ1v) is 13.5. The SMILES string of the molecule is CC(C)(C)OCCOCCCC(=O)CCC(NC(=O)c1ccc(NCc2cnc3nc(N)[nH]c(=O)c3n2)cc1)C(=O)O. The Morgan fingerprint density at radius 3 is 2.50 bits per heavy atom. The number of Topliss-reactive ketones (excluding diaryl/α,β-unsaturated/α-hetero) is 1. The van der Waals surface area contributed by atoms with Crippen LogP contribution in [0.5, 0.6) is 0 Å². The van der Waals surface area contributed by atoms with Crippen molar-refractivity contribution >= 4 is 40.5 Å². The topological polar surface area (TPSA) is 212 Å². The maximum atomic E-state index is 12.7. The number of carbonyl (C=O) groups excluding carboxylic acids is 2. The Balaban J connectivity index is 1.42. The van der Waals surface area contributed by atoms with Crippen LogP contribution in [0, 0.1) is 0 Å². The monoisotopic (exact) mass is 583 g/mol. The molecular formula is C28H37N7O7. The summed E-state index contributed by atoms with van der Waals surface area (Å²) >= 11 is 0. The molecule has 3 aromatic rings. The second kappa shape index (κ2) is 15.0. The van der Waals surface area contributed by atoms with Crippen LogP contribution in [0.15, 0.2) is 35.3 Å². The summed E-state index contributed by atoms with van der Waals surface area (Å²) in [4.78, 5) is 63.3. The van der Waals surface area contributed by atoms with Gasteiger partial charge in [0.2, 0.25) is 5.95 Å². The summed E-state index contributed by atoms with van der Waals surface area (Å²) in [5, 5.41) is 15.1. The van der Waals surface area contributed by atoms with E-state index in [4.69, 9.17) is 15.2 Å². The Bertz CT molecular complexity index is 1440. The maximum Gasteiger partial charge on any atom is 0.326 e. The molecule has 0 spiro atoms. The molecule has 0 fully saturated rings.